The monoisotopic (exact) mass is 254 g/mol. The standard InChI is InChI=1S/C13H13F3N2/c1-2-4-10(8-17)12(18)9-5-3-6-11(7-9)13(14,15)16/h3,5-7H,2,4,18H2,1H3/b12-10-. The molecule has 2 N–H and O–H groups in total. The molecule has 0 heterocycles. The molecule has 96 valence electrons. The van der Waals surface area contributed by atoms with Crippen LogP contribution in [0.1, 0.15) is 30.9 Å². The van der Waals surface area contributed by atoms with Crippen LogP contribution in [0.5, 0.6) is 0 Å². The summed E-state index contributed by atoms with van der Waals surface area (Å²) in [6.45, 7) is 1.87. The average molecular weight is 254 g/mol. The van der Waals surface area contributed by atoms with Gasteiger partial charge in [-0.1, -0.05) is 25.5 Å². The molecule has 0 bridgehead atoms. The van der Waals surface area contributed by atoms with Gasteiger partial charge < -0.3 is 5.73 Å². The number of hydrogen-bond donors (Lipinski definition) is 1. The van der Waals surface area contributed by atoms with Gasteiger partial charge in [-0.3, -0.25) is 0 Å². The number of nitrogens with two attached hydrogens (primary N) is 1. The topological polar surface area (TPSA) is 49.8 Å². The normalized spacial score (nSPS) is 12.8. The molecule has 0 aliphatic rings. The first-order valence-corrected chi connectivity index (χ1v) is 5.46. The Morgan fingerprint density at radius 1 is 1.39 bits per heavy atom. The van der Waals surface area contributed by atoms with E-state index >= 15 is 0 Å². The summed E-state index contributed by atoms with van der Waals surface area (Å²) < 4.78 is 37.6. The van der Waals surface area contributed by atoms with Crippen LogP contribution in [-0.2, 0) is 6.18 Å². The van der Waals surface area contributed by atoms with Crippen LogP contribution in [0.2, 0.25) is 0 Å². The second-order valence-corrected chi connectivity index (χ2v) is 3.83. The molecule has 1 aromatic rings. The minimum absolute atomic E-state index is 0.116. The third-order valence-corrected chi connectivity index (χ3v) is 2.46. The van der Waals surface area contributed by atoms with Crippen LogP contribution < -0.4 is 5.73 Å². The average Bonchev–Trinajstić information content (AvgIpc) is 2.34. The third kappa shape index (κ3) is 3.27. The van der Waals surface area contributed by atoms with Crippen LogP contribution in [0, 0.1) is 11.3 Å². The molecule has 0 saturated heterocycles. The first-order chi connectivity index (χ1) is 8.40. The maximum Gasteiger partial charge on any atom is 0.416 e. The van der Waals surface area contributed by atoms with E-state index in [1.807, 2.05) is 13.0 Å². The van der Waals surface area contributed by atoms with E-state index in [0.717, 1.165) is 12.1 Å². The minimum atomic E-state index is -4.41. The van der Waals surface area contributed by atoms with Gasteiger partial charge in [0.2, 0.25) is 0 Å². The maximum atomic E-state index is 12.5. The zero-order chi connectivity index (χ0) is 13.8. The van der Waals surface area contributed by atoms with E-state index in [9.17, 15) is 13.2 Å². The lowest BCUT2D eigenvalue weighted by molar-refractivity contribution is -0.137. The molecule has 0 saturated carbocycles. The highest BCUT2D eigenvalue weighted by atomic mass is 19.4. The van der Waals surface area contributed by atoms with Gasteiger partial charge in [0.25, 0.3) is 0 Å². The zero-order valence-corrected chi connectivity index (χ0v) is 9.88. The van der Waals surface area contributed by atoms with Crippen molar-refractivity contribution >= 4 is 5.70 Å². The highest BCUT2D eigenvalue weighted by molar-refractivity contribution is 5.69. The first kappa shape index (κ1) is 14.1. The van der Waals surface area contributed by atoms with E-state index in [1.165, 1.54) is 12.1 Å². The van der Waals surface area contributed by atoms with Crippen LogP contribution in [0.25, 0.3) is 5.70 Å². The van der Waals surface area contributed by atoms with Gasteiger partial charge in [0, 0.05) is 0 Å². The van der Waals surface area contributed by atoms with Crippen LogP contribution in [-0.4, -0.2) is 0 Å². The predicted octanol–water partition coefficient (Wildman–Crippen LogP) is 3.70. The molecular weight excluding hydrogens is 241 g/mol. The summed E-state index contributed by atoms with van der Waals surface area (Å²) >= 11 is 0. The van der Waals surface area contributed by atoms with Crippen molar-refractivity contribution in [3.05, 3.63) is 41.0 Å². The summed E-state index contributed by atoms with van der Waals surface area (Å²) in [5.41, 5.74) is 5.63. The first-order valence-electron chi connectivity index (χ1n) is 5.46. The molecule has 0 aliphatic heterocycles. The largest absolute Gasteiger partial charge is 0.416 e. The fourth-order valence-electron chi connectivity index (χ4n) is 1.54. The molecule has 2 nitrogen and oxygen atoms in total. The van der Waals surface area contributed by atoms with Gasteiger partial charge in [0.05, 0.1) is 22.9 Å². The smallest absolute Gasteiger partial charge is 0.397 e. The lowest BCUT2D eigenvalue weighted by Crippen LogP contribution is -2.07. The van der Waals surface area contributed by atoms with Crippen molar-refractivity contribution in [2.24, 2.45) is 5.73 Å². The number of hydrogen-bond acceptors (Lipinski definition) is 2. The van der Waals surface area contributed by atoms with E-state index in [1.54, 1.807) is 0 Å². The molecule has 5 heteroatoms. The van der Waals surface area contributed by atoms with Gasteiger partial charge in [0.15, 0.2) is 0 Å². The molecule has 0 aromatic heterocycles. The minimum Gasteiger partial charge on any atom is -0.397 e. The Labute approximate surface area is 104 Å². The van der Waals surface area contributed by atoms with Crippen molar-refractivity contribution in [2.45, 2.75) is 25.9 Å². The lowest BCUT2D eigenvalue weighted by atomic mass is 10.0. The molecule has 1 rings (SSSR count). The Bertz CT molecular complexity index is 496. The Morgan fingerprint density at radius 2 is 2.06 bits per heavy atom. The van der Waals surface area contributed by atoms with Crippen LogP contribution in [0.3, 0.4) is 0 Å². The molecule has 0 radical (unpaired) electrons. The Kier molecular flexibility index (Phi) is 4.38. The van der Waals surface area contributed by atoms with Crippen molar-refractivity contribution in [1.82, 2.24) is 0 Å². The van der Waals surface area contributed by atoms with Gasteiger partial charge in [-0.15, -0.1) is 0 Å². The Morgan fingerprint density at radius 3 is 2.56 bits per heavy atom. The molecule has 1 aromatic carbocycles. The van der Waals surface area contributed by atoms with Crippen LogP contribution >= 0.6 is 0 Å². The van der Waals surface area contributed by atoms with Crippen molar-refractivity contribution in [2.75, 3.05) is 0 Å². The van der Waals surface area contributed by atoms with Crippen LogP contribution in [0.4, 0.5) is 13.2 Å². The van der Waals surface area contributed by atoms with Gasteiger partial charge >= 0.3 is 6.18 Å². The van der Waals surface area contributed by atoms with E-state index in [4.69, 9.17) is 11.0 Å². The molecule has 0 fully saturated rings. The molecule has 0 unspecified atom stereocenters. The zero-order valence-electron chi connectivity index (χ0n) is 9.88. The molecule has 0 atom stereocenters. The second kappa shape index (κ2) is 5.58. The van der Waals surface area contributed by atoms with Crippen molar-refractivity contribution in [3.8, 4) is 6.07 Å². The van der Waals surface area contributed by atoms with E-state index in [0.29, 0.717) is 18.4 Å². The van der Waals surface area contributed by atoms with Crippen molar-refractivity contribution in [1.29, 1.82) is 5.26 Å². The van der Waals surface area contributed by atoms with Crippen LogP contribution in [0.15, 0.2) is 29.8 Å². The Balaban J connectivity index is 3.23. The van der Waals surface area contributed by atoms with Gasteiger partial charge in [-0.05, 0) is 24.1 Å². The fraction of sp³-hybridized carbons (Fsp3) is 0.308. The third-order valence-electron chi connectivity index (χ3n) is 2.46. The molecular formula is C13H13F3N2. The van der Waals surface area contributed by atoms with Gasteiger partial charge in [0.1, 0.15) is 0 Å². The quantitative estimate of drug-likeness (QED) is 0.836. The fourth-order valence-corrected chi connectivity index (χ4v) is 1.54. The summed E-state index contributed by atoms with van der Waals surface area (Å²) in [5, 5.41) is 8.91. The summed E-state index contributed by atoms with van der Waals surface area (Å²) in [6.07, 6.45) is -3.24. The van der Waals surface area contributed by atoms with Gasteiger partial charge in [-0.2, -0.15) is 18.4 Å². The highest BCUT2D eigenvalue weighted by Gasteiger charge is 2.30. The van der Waals surface area contributed by atoms with Gasteiger partial charge in [-0.25, -0.2) is 0 Å². The van der Waals surface area contributed by atoms with E-state index < -0.39 is 11.7 Å². The summed E-state index contributed by atoms with van der Waals surface area (Å²) in [6, 6.07) is 6.62. The molecule has 0 amide bonds. The molecule has 0 spiro atoms. The van der Waals surface area contributed by atoms with Crippen molar-refractivity contribution in [3.63, 3.8) is 0 Å². The highest BCUT2D eigenvalue weighted by Crippen LogP contribution is 2.30. The number of nitriles is 1. The Hall–Kier alpha value is -1.96. The molecule has 18 heavy (non-hydrogen) atoms. The maximum absolute atomic E-state index is 12.5. The number of allylic oxidation sites excluding steroid dienone is 1. The summed E-state index contributed by atoms with van der Waals surface area (Å²) in [5.74, 6) is 0. The van der Waals surface area contributed by atoms with E-state index in [-0.39, 0.29) is 11.3 Å². The van der Waals surface area contributed by atoms with Crippen molar-refractivity contribution < 1.29 is 13.2 Å². The second-order valence-electron chi connectivity index (χ2n) is 3.83. The molecule has 0 aliphatic carbocycles. The van der Waals surface area contributed by atoms with E-state index in [2.05, 4.69) is 0 Å². The number of benzene rings is 1. The number of rotatable bonds is 3. The summed E-state index contributed by atoms with van der Waals surface area (Å²) in [4.78, 5) is 0. The predicted molar refractivity (Wildman–Crippen MR) is 63.1 cm³/mol. The summed E-state index contributed by atoms with van der Waals surface area (Å²) in [7, 11) is 0. The SMILES string of the molecule is CCC/C(C#N)=C(/N)c1cccc(C(F)(F)F)c1. The number of alkyl halides is 3. The number of nitrogens with zero attached hydrogens (tertiary/aromatic N) is 1. The number of halogens is 3. The lowest BCUT2D eigenvalue weighted by Gasteiger charge is -2.10.